The van der Waals surface area contributed by atoms with Crippen LogP contribution in [-0.2, 0) is 4.74 Å². The lowest BCUT2D eigenvalue weighted by Crippen LogP contribution is -2.57. The van der Waals surface area contributed by atoms with Gasteiger partial charge in [0.05, 0.1) is 30.6 Å². The highest BCUT2D eigenvalue weighted by atomic mass is 16.5. The Morgan fingerprint density at radius 1 is 0.943 bits per heavy atom. The van der Waals surface area contributed by atoms with Gasteiger partial charge in [0.2, 0.25) is 5.95 Å². The molecule has 2 aromatic heterocycles. The molecule has 0 unspecified atom stereocenters. The van der Waals surface area contributed by atoms with E-state index in [0.717, 1.165) is 54.1 Å². The number of nitrogens with zero attached hydrogens (tertiary/aromatic N) is 4. The number of anilines is 4. The molecule has 8 nitrogen and oxygen atoms in total. The molecule has 2 atom stereocenters. The van der Waals surface area contributed by atoms with Crippen LogP contribution in [0.25, 0.3) is 10.9 Å². The summed E-state index contributed by atoms with van der Waals surface area (Å²) in [5.41, 5.74) is 2.73. The Labute approximate surface area is 207 Å². The number of benzene rings is 2. The standard InChI is InChI=1S/C27H28N6O2.2H2/c1-33-21-13-24(14-22(33)17-34-16-21)35-23-8-6-19(7-9-23)31-27-28-11-10-26(32-27)30-20-12-18-4-2-3-5-25(18)29-15-20;;/h2-12,15,21-22,24H,13-14,16-17H2,1H3,(H2,28,30,31,32);2*1H/t21-,22-;;/m1../s1. The molecular weight excluding hydrogens is 440 g/mol. The number of nitrogens with one attached hydrogen (secondary N) is 2. The predicted octanol–water partition coefficient (Wildman–Crippen LogP) is 5.24. The number of likely N-dealkylation sites (N-methyl/N-ethyl adjacent to an activating group) is 1. The highest BCUT2D eigenvalue weighted by Gasteiger charge is 2.37. The van der Waals surface area contributed by atoms with E-state index in [1.54, 1.807) is 12.4 Å². The summed E-state index contributed by atoms with van der Waals surface area (Å²) in [6.07, 6.45) is 5.74. The molecule has 2 aliphatic heterocycles. The van der Waals surface area contributed by atoms with Crippen molar-refractivity contribution in [1.82, 2.24) is 19.9 Å². The minimum absolute atomic E-state index is 0. The summed E-state index contributed by atoms with van der Waals surface area (Å²) in [5.74, 6) is 2.08. The first-order valence-electron chi connectivity index (χ1n) is 12.0. The fourth-order valence-electron chi connectivity index (χ4n) is 4.86. The van der Waals surface area contributed by atoms with Crippen molar-refractivity contribution in [3.63, 3.8) is 0 Å². The third-order valence-electron chi connectivity index (χ3n) is 6.77. The van der Waals surface area contributed by atoms with Gasteiger partial charge in [-0.3, -0.25) is 9.88 Å². The molecule has 0 radical (unpaired) electrons. The fraction of sp³-hybridized carbons (Fsp3) is 0.296. The highest BCUT2D eigenvalue weighted by molar-refractivity contribution is 5.82. The van der Waals surface area contributed by atoms with E-state index in [1.165, 1.54) is 0 Å². The first kappa shape index (κ1) is 21.8. The maximum Gasteiger partial charge on any atom is 0.229 e. The summed E-state index contributed by atoms with van der Waals surface area (Å²) in [5, 5.41) is 7.66. The second kappa shape index (κ2) is 9.48. The van der Waals surface area contributed by atoms with Crippen LogP contribution >= 0.6 is 0 Å². The minimum Gasteiger partial charge on any atom is -0.490 e. The molecule has 4 aromatic rings. The first-order valence-corrected chi connectivity index (χ1v) is 12.0. The van der Waals surface area contributed by atoms with Crippen LogP contribution in [-0.4, -0.2) is 58.3 Å². The number of pyridine rings is 1. The molecule has 2 fully saturated rings. The van der Waals surface area contributed by atoms with E-state index in [1.807, 2.05) is 54.6 Å². The van der Waals surface area contributed by atoms with E-state index in [4.69, 9.17) is 9.47 Å². The molecule has 2 aliphatic rings. The van der Waals surface area contributed by atoms with Crippen molar-refractivity contribution >= 4 is 34.0 Å². The molecule has 0 aliphatic carbocycles. The average molecular weight is 473 g/mol. The third kappa shape index (κ3) is 4.89. The summed E-state index contributed by atoms with van der Waals surface area (Å²) in [6.45, 7) is 1.59. The van der Waals surface area contributed by atoms with Crippen molar-refractivity contribution in [3.8, 4) is 5.75 Å². The largest absolute Gasteiger partial charge is 0.490 e. The van der Waals surface area contributed by atoms with Gasteiger partial charge in [0, 0.05) is 45.0 Å². The van der Waals surface area contributed by atoms with E-state index in [0.29, 0.717) is 23.8 Å². The molecule has 2 aromatic carbocycles. The topological polar surface area (TPSA) is 84.4 Å². The Hall–Kier alpha value is -3.75. The van der Waals surface area contributed by atoms with E-state index >= 15 is 0 Å². The Balaban J connectivity index is 0.00000160. The Kier molecular flexibility index (Phi) is 5.89. The molecule has 2 bridgehead atoms. The first-order chi connectivity index (χ1) is 17.2. The summed E-state index contributed by atoms with van der Waals surface area (Å²) >= 11 is 0. The number of aromatic nitrogens is 3. The fourth-order valence-corrected chi connectivity index (χ4v) is 4.86. The lowest BCUT2D eigenvalue weighted by atomic mass is 9.92. The number of morpholine rings is 1. The molecule has 8 heteroatoms. The second-order valence-corrected chi connectivity index (χ2v) is 9.18. The smallest absolute Gasteiger partial charge is 0.229 e. The van der Waals surface area contributed by atoms with Gasteiger partial charge in [-0.15, -0.1) is 0 Å². The normalized spacial score (nSPS) is 22.0. The van der Waals surface area contributed by atoms with Crippen molar-refractivity contribution in [2.24, 2.45) is 0 Å². The van der Waals surface area contributed by atoms with Gasteiger partial charge in [0.1, 0.15) is 17.7 Å². The molecular formula is C27H32N6O2. The van der Waals surface area contributed by atoms with Crippen molar-refractivity contribution in [1.29, 1.82) is 0 Å². The van der Waals surface area contributed by atoms with E-state index in [-0.39, 0.29) is 8.96 Å². The van der Waals surface area contributed by atoms with Crippen LogP contribution in [0, 0.1) is 0 Å². The number of rotatable bonds is 6. The summed E-state index contributed by atoms with van der Waals surface area (Å²) < 4.78 is 12.0. The zero-order valence-electron chi connectivity index (χ0n) is 19.6. The van der Waals surface area contributed by atoms with Crippen molar-refractivity contribution in [3.05, 3.63) is 73.1 Å². The van der Waals surface area contributed by atoms with Crippen LogP contribution < -0.4 is 15.4 Å². The summed E-state index contributed by atoms with van der Waals surface area (Å²) in [4.78, 5) is 15.9. The second-order valence-electron chi connectivity index (χ2n) is 9.18. The maximum absolute atomic E-state index is 6.30. The molecule has 0 amide bonds. The number of hydrogen-bond donors (Lipinski definition) is 2. The van der Waals surface area contributed by atoms with E-state index in [9.17, 15) is 0 Å². The van der Waals surface area contributed by atoms with Crippen molar-refractivity contribution in [2.75, 3.05) is 30.9 Å². The molecule has 0 spiro atoms. The summed E-state index contributed by atoms with van der Waals surface area (Å²) in [7, 11) is 2.19. The quantitative estimate of drug-likeness (QED) is 0.394. The number of fused-ring (bicyclic) bond motifs is 3. The number of piperidine rings is 1. The van der Waals surface area contributed by atoms with Gasteiger partial charge in [-0.25, -0.2) is 4.98 Å². The van der Waals surface area contributed by atoms with Crippen molar-refractivity contribution in [2.45, 2.75) is 31.0 Å². The highest BCUT2D eigenvalue weighted by Crippen LogP contribution is 2.30. The average Bonchev–Trinajstić information content (AvgIpc) is 2.86. The van der Waals surface area contributed by atoms with Gasteiger partial charge in [0.25, 0.3) is 0 Å². The summed E-state index contributed by atoms with van der Waals surface area (Å²) in [6, 6.07) is 20.8. The Morgan fingerprint density at radius 2 is 1.74 bits per heavy atom. The van der Waals surface area contributed by atoms with Crippen LogP contribution in [0.3, 0.4) is 0 Å². The molecule has 35 heavy (non-hydrogen) atoms. The van der Waals surface area contributed by atoms with Crippen LogP contribution in [0.1, 0.15) is 15.7 Å². The van der Waals surface area contributed by atoms with Crippen LogP contribution in [0.15, 0.2) is 73.1 Å². The van der Waals surface area contributed by atoms with Crippen LogP contribution in [0.5, 0.6) is 5.75 Å². The minimum atomic E-state index is 0. The zero-order valence-corrected chi connectivity index (χ0v) is 19.6. The van der Waals surface area contributed by atoms with Gasteiger partial charge in [-0.2, -0.15) is 4.98 Å². The monoisotopic (exact) mass is 472 g/mol. The van der Waals surface area contributed by atoms with E-state index < -0.39 is 0 Å². The van der Waals surface area contributed by atoms with Gasteiger partial charge < -0.3 is 20.1 Å². The third-order valence-corrected chi connectivity index (χ3v) is 6.77. The van der Waals surface area contributed by atoms with E-state index in [2.05, 4.69) is 43.6 Å². The number of hydrogen-bond acceptors (Lipinski definition) is 8. The molecule has 4 heterocycles. The lowest BCUT2D eigenvalue weighted by Gasteiger charge is -2.46. The SMILES string of the molecule is CN1[C@H]2COC[C@H]1CC(Oc1ccc(Nc3nccc(Nc4cnc5ccccc5c4)n3)cc1)C2.[HH].[HH]. The van der Waals surface area contributed by atoms with Crippen molar-refractivity contribution < 1.29 is 12.3 Å². The van der Waals surface area contributed by atoms with Crippen LogP contribution in [0.2, 0.25) is 0 Å². The molecule has 182 valence electrons. The molecule has 0 saturated carbocycles. The lowest BCUT2D eigenvalue weighted by molar-refractivity contribution is -0.0879. The number of para-hydroxylation sites is 1. The van der Waals surface area contributed by atoms with Gasteiger partial charge in [0.15, 0.2) is 0 Å². The predicted molar refractivity (Wildman–Crippen MR) is 141 cm³/mol. The maximum atomic E-state index is 6.30. The van der Waals surface area contributed by atoms with Gasteiger partial charge >= 0.3 is 0 Å². The number of ether oxygens (including phenoxy) is 2. The van der Waals surface area contributed by atoms with Gasteiger partial charge in [-0.05, 0) is 49.5 Å². The Morgan fingerprint density at radius 3 is 2.57 bits per heavy atom. The molecule has 2 N–H and O–H groups in total. The molecule has 6 rings (SSSR count). The zero-order chi connectivity index (χ0) is 23.6. The van der Waals surface area contributed by atoms with Gasteiger partial charge in [-0.1, -0.05) is 18.2 Å². The molecule has 2 saturated heterocycles. The van der Waals surface area contributed by atoms with Crippen LogP contribution in [0.4, 0.5) is 23.1 Å². The Bertz CT molecular complexity index is 1310.